The van der Waals surface area contributed by atoms with Crippen LogP contribution in [0.1, 0.15) is 25.7 Å². The zero-order valence-corrected chi connectivity index (χ0v) is 12.1. The van der Waals surface area contributed by atoms with Gasteiger partial charge in [-0.2, -0.15) is 0 Å². The van der Waals surface area contributed by atoms with Crippen LogP contribution in [0.4, 0.5) is 16.2 Å². The van der Waals surface area contributed by atoms with Gasteiger partial charge in [0.1, 0.15) is 0 Å². The first kappa shape index (κ1) is 15.3. The molecule has 0 radical (unpaired) electrons. The third-order valence-electron chi connectivity index (χ3n) is 4.01. The number of carbonyl (C=O) groups is 2. The first-order valence-electron chi connectivity index (χ1n) is 7.06. The molecule has 2 rings (SSSR count). The van der Waals surface area contributed by atoms with E-state index < -0.39 is 11.5 Å². The van der Waals surface area contributed by atoms with Gasteiger partial charge in [0.05, 0.1) is 12.5 Å². The molecule has 0 bridgehead atoms. The molecule has 0 saturated heterocycles. The number of amides is 2. The average molecular weight is 291 g/mol. The lowest BCUT2D eigenvalue weighted by Gasteiger charge is -2.25. The number of hydrogen-bond acceptors (Lipinski definition) is 4. The summed E-state index contributed by atoms with van der Waals surface area (Å²) in [5.41, 5.74) is 6.66. The van der Waals surface area contributed by atoms with E-state index in [2.05, 4.69) is 15.4 Å². The van der Waals surface area contributed by atoms with Crippen LogP contribution in [-0.2, 0) is 9.53 Å². The number of ether oxygens (including phenoxy) is 1. The molecule has 2 amide bonds. The Morgan fingerprint density at radius 1 is 1.14 bits per heavy atom. The molecular weight excluding hydrogens is 270 g/mol. The number of carbonyl (C=O) groups excluding carboxylic acids is 2. The van der Waals surface area contributed by atoms with Gasteiger partial charge in [-0.15, -0.1) is 0 Å². The summed E-state index contributed by atoms with van der Waals surface area (Å²) in [5, 5.41) is 5.46. The second kappa shape index (κ2) is 6.58. The molecular formula is C15H21N3O3. The summed E-state index contributed by atoms with van der Waals surface area (Å²) in [5.74, 6) is -0.0174. The van der Waals surface area contributed by atoms with E-state index in [0.717, 1.165) is 25.7 Å². The van der Waals surface area contributed by atoms with E-state index in [1.807, 2.05) is 0 Å². The summed E-state index contributed by atoms with van der Waals surface area (Å²) in [6, 6.07) is 6.89. The Labute approximate surface area is 124 Å². The molecule has 21 heavy (non-hydrogen) atoms. The molecule has 6 nitrogen and oxygen atoms in total. The Kier molecular flexibility index (Phi) is 4.80. The summed E-state index contributed by atoms with van der Waals surface area (Å²) in [4.78, 5) is 23.5. The van der Waals surface area contributed by atoms with Crippen molar-refractivity contribution in [2.24, 2.45) is 11.1 Å². The third-order valence-corrected chi connectivity index (χ3v) is 4.01. The van der Waals surface area contributed by atoms with Crippen LogP contribution >= 0.6 is 0 Å². The number of hydrogen-bond donors (Lipinski definition) is 3. The van der Waals surface area contributed by atoms with Crippen LogP contribution in [-0.4, -0.2) is 25.7 Å². The van der Waals surface area contributed by atoms with Gasteiger partial charge < -0.3 is 15.8 Å². The van der Waals surface area contributed by atoms with E-state index in [-0.39, 0.29) is 5.91 Å². The van der Waals surface area contributed by atoms with E-state index in [0.29, 0.717) is 17.9 Å². The number of rotatable bonds is 4. The summed E-state index contributed by atoms with van der Waals surface area (Å²) in [7, 11) is 1.30. The minimum absolute atomic E-state index is 0.0174. The highest BCUT2D eigenvalue weighted by Crippen LogP contribution is 2.38. The Bertz CT molecular complexity index is 507. The zero-order valence-electron chi connectivity index (χ0n) is 12.1. The number of methoxy groups -OCH3 is 1. The highest BCUT2D eigenvalue weighted by atomic mass is 16.5. The lowest BCUT2D eigenvalue weighted by molar-refractivity contribution is -0.124. The van der Waals surface area contributed by atoms with Gasteiger partial charge in [-0.1, -0.05) is 12.8 Å². The van der Waals surface area contributed by atoms with Crippen molar-refractivity contribution < 1.29 is 14.3 Å². The molecule has 1 aliphatic rings. The monoisotopic (exact) mass is 291 g/mol. The average Bonchev–Trinajstić information content (AvgIpc) is 2.99. The maximum Gasteiger partial charge on any atom is 0.411 e. The highest BCUT2D eigenvalue weighted by molar-refractivity contribution is 5.96. The van der Waals surface area contributed by atoms with Crippen molar-refractivity contribution in [3.63, 3.8) is 0 Å². The molecule has 0 atom stereocenters. The Morgan fingerprint density at radius 2 is 1.67 bits per heavy atom. The Balaban J connectivity index is 1.99. The molecule has 4 N–H and O–H groups in total. The van der Waals surface area contributed by atoms with Crippen molar-refractivity contribution in [1.29, 1.82) is 0 Å². The van der Waals surface area contributed by atoms with Crippen LogP contribution in [0.5, 0.6) is 0 Å². The van der Waals surface area contributed by atoms with Crippen LogP contribution < -0.4 is 16.4 Å². The van der Waals surface area contributed by atoms with Gasteiger partial charge in [0, 0.05) is 17.9 Å². The second-order valence-electron chi connectivity index (χ2n) is 5.34. The van der Waals surface area contributed by atoms with Crippen LogP contribution in [0.2, 0.25) is 0 Å². The molecule has 0 aromatic heterocycles. The second-order valence-corrected chi connectivity index (χ2v) is 5.34. The van der Waals surface area contributed by atoms with Gasteiger partial charge in [0.2, 0.25) is 5.91 Å². The van der Waals surface area contributed by atoms with Gasteiger partial charge in [0.15, 0.2) is 0 Å². The first-order valence-corrected chi connectivity index (χ1v) is 7.06. The van der Waals surface area contributed by atoms with Crippen molar-refractivity contribution in [2.75, 3.05) is 24.3 Å². The zero-order chi connectivity index (χ0) is 15.3. The van der Waals surface area contributed by atoms with Crippen molar-refractivity contribution in [2.45, 2.75) is 25.7 Å². The summed E-state index contributed by atoms with van der Waals surface area (Å²) < 4.78 is 4.51. The molecule has 114 valence electrons. The fourth-order valence-electron chi connectivity index (χ4n) is 2.65. The highest BCUT2D eigenvalue weighted by Gasteiger charge is 2.39. The van der Waals surface area contributed by atoms with Crippen molar-refractivity contribution >= 4 is 23.4 Å². The molecule has 6 heteroatoms. The molecule has 0 spiro atoms. The van der Waals surface area contributed by atoms with Gasteiger partial charge in [0.25, 0.3) is 0 Å². The molecule has 0 heterocycles. The fraction of sp³-hybridized carbons (Fsp3) is 0.467. The van der Waals surface area contributed by atoms with E-state index in [4.69, 9.17) is 5.73 Å². The molecule has 1 saturated carbocycles. The molecule has 1 fully saturated rings. The molecule has 0 aliphatic heterocycles. The van der Waals surface area contributed by atoms with E-state index in [9.17, 15) is 9.59 Å². The van der Waals surface area contributed by atoms with Gasteiger partial charge in [-0.05, 0) is 37.1 Å². The summed E-state index contributed by atoms with van der Waals surface area (Å²) >= 11 is 0. The molecule has 0 unspecified atom stereocenters. The first-order chi connectivity index (χ1) is 10.1. The normalized spacial score (nSPS) is 16.3. The fourth-order valence-corrected chi connectivity index (χ4v) is 2.65. The standard InChI is InChI=1S/C15H21N3O3/c1-21-14(20)18-12-6-4-11(5-7-12)17-13(19)15(10-16)8-2-3-9-15/h4-7H,2-3,8-10,16H2,1H3,(H,17,19)(H,18,20). The smallest absolute Gasteiger partial charge is 0.411 e. The van der Waals surface area contributed by atoms with Crippen molar-refractivity contribution in [3.8, 4) is 0 Å². The number of nitrogens with two attached hydrogens (primary N) is 1. The third kappa shape index (κ3) is 3.52. The predicted molar refractivity (Wildman–Crippen MR) is 81.1 cm³/mol. The Morgan fingerprint density at radius 3 is 2.14 bits per heavy atom. The number of nitrogens with one attached hydrogen (secondary N) is 2. The Hall–Kier alpha value is -2.08. The van der Waals surface area contributed by atoms with Crippen molar-refractivity contribution in [1.82, 2.24) is 0 Å². The summed E-state index contributed by atoms with van der Waals surface area (Å²) in [6.07, 6.45) is 3.26. The molecule has 1 aromatic rings. The van der Waals surface area contributed by atoms with Crippen LogP contribution in [0.25, 0.3) is 0 Å². The van der Waals surface area contributed by atoms with Crippen molar-refractivity contribution in [3.05, 3.63) is 24.3 Å². The minimum Gasteiger partial charge on any atom is -0.453 e. The van der Waals surface area contributed by atoms with E-state index in [1.54, 1.807) is 24.3 Å². The van der Waals surface area contributed by atoms with E-state index >= 15 is 0 Å². The maximum atomic E-state index is 12.4. The van der Waals surface area contributed by atoms with E-state index in [1.165, 1.54) is 7.11 Å². The molecule has 1 aliphatic carbocycles. The van der Waals surface area contributed by atoms with Crippen LogP contribution in [0, 0.1) is 5.41 Å². The molecule has 1 aromatic carbocycles. The maximum absolute atomic E-state index is 12.4. The van der Waals surface area contributed by atoms with Crippen LogP contribution in [0.15, 0.2) is 24.3 Å². The van der Waals surface area contributed by atoms with Gasteiger partial charge in [-0.3, -0.25) is 10.1 Å². The predicted octanol–water partition coefficient (Wildman–Crippen LogP) is 2.32. The quantitative estimate of drug-likeness (QED) is 0.793. The lowest BCUT2D eigenvalue weighted by Crippen LogP contribution is -2.40. The van der Waals surface area contributed by atoms with Gasteiger partial charge >= 0.3 is 6.09 Å². The van der Waals surface area contributed by atoms with Gasteiger partial charge in [-0.25, -0.2) is 4.79 Å². The topological polar surface area (TPSA) is 93.5 Å². The largest absolute Gasteiger partial charge is 0.453 e. The lowest BCUT2D eigenvalue weighted by atomic mass is 9.85. The number of anilines is 2. The SMILES string of the molecule is COC(=O)Nc1ccc(NC(=O)C2(CN)CCCC2)cc1. The van der Waals surface area contributed by atoms with Crippen LogP contribution in [0.3, 0.4) is 0 Å². The summed E-state index contributed by atoms with van der Waals surface area (Å²) in [6.45, 7) is 0.376. The minimum atomic E-state index is -0.528. The number of benzene rings is 1.